The fourth-order valence-corrected chi connectivity index (χ4v) is 4.89. The van der Waals surface area contributed by atoms with Crippen LogP contribution in [-0.2, 0) is 0 Å². The summed E-state index contributed by atoms with van der Waals surface area (Å²) in [5, 5.41) is 4.31. The van der Waals surface area contributed by atoms with Gasteiger partial charge in [0.05, 0.1) is 7.92 Å². The largest absolute Gasteiger partial charge is 1.00 e. The SMILES string of the molecule is [Ba].[I-].c1ccc([PH+](c2ccccc2)c2ccccc2)cc1. The van der Waals surface area contributed by atoms with Crippen LogP contribution in [0.1, 0.15) is 0 Å². The molecule has 0 atom stereocenters. The summed E-state index contributed by atoms with van der Waals surface area (Å²) in [4.78, 5) is 0. The monoisotopic (exact) mass is 528 g/mol. The van der Waals surface area contributed by atoms with Crippen LogP contribution in [0.5, 0.6) is 0 Å². The minimum atomic E-state index is -0.877. The van der Waals surface area contributed by atoms with Crippen LogP contribution >= 0.6 is 7.92 Å². The van der Waals surface area contributed by atoms with Crippen LogP contribution in [0.4, 0.5) is 0 Å². The average Bonchev–Trinajstić information content (AvgIpc) is 2.51. The number of benzene rings is 3. The first kappa shape index (κ1) is 19.4. The van der Waals surface area contributed by atoms with Gasteiger partial charge in [0.25, 0.3) is 0 Å². The molecule has 0 N–H and O–H groups in total. The molecule has 0 aliphatic carbocycles. The Bertz CT molecular complexity index is 535. The Labute approximate surface area is 185 Å². The molecule has 0 spiro atoms. The normalized spacial score (nSPS) is 9.57. The van der Waals surface area contributed by atoms with E-state index >= 15 is 0 Å². The maximum absolute atomic E-state index is 2.24. The van der Waals surface area contributed by atoms with Crippen LogP contribution in [0.3, 0.4) is 0 Å². The third-order valence-electron chi connectivity index (χ3n) is 3.19. The van der Waals surface area contributed by atoms with E-state index < -0.39 is 7.92 Å². The first-order valence-corrected chi connectivity index (χ1v) is 7.98. The molecule has 0 fully saturated rings. The standard InChI is InChI=1S/C18H15P.Ba.HI/c1-4-10-16(11-5-1)19(17-12-6-2-7-13-17)18-14-8-3-9-15-18;;/h1-15H;;1H. The molecule has 0 bridgehead atoms. The van der Waals surface area contributed by atoms with E-state index in [1.807, 2.05) is 0 Å². The van der Waals surface area contributed by atoms with Crippen molar-refractivity contribution < 1.29 is 24.0 Å². The zero-order valence-corrected chi connectivity index (χ0v) is 19.3. The van der Waals surface area contributed by atoms with Crippen molar-refractivity contribution in [2.75, 3.05) is 0 Å². The maximum Gasteiger partial charge on any atom is 0.102 e. The number of hydrogen-bond donors (Lipinski definition) is 0. The van der Waals surface area contributed by atoms with Crippen molar-refractivity contribution in [3.05, 3.63) is 91.0 Å². The van der Waals surface area contributed by atoms with Gasteiger partial charge in [-0.3, -0.25) is 0 Å². The van der Waals surface area contributed by atoms with Crippen LogP contribution in [0.25, 0.3) is 0 Å². The Morgan fingerprint density at radius 1 is 0.429 bits per heavy atom. The second-order valence-electron chi connectivity index (χ2n) is 4.47. The van der Waals surface area contributed by atoms with E-state index in [9.17, 15) is 0 Å². The first-order valence-electron chi connectivity index (χ1n) is 6.48. The fourth-order valence-electron chi connectivity index (χ4n) is 2.31. The molecule has 3 rings (SSSR count). The molecule has 2 radical (unpaired) electrons. The third kappa shape index (κ3) is 5.21. The molecule has 102 valence electrons. The summed E-state index contributed by atoms with van der Waals surface area (Å²) in [5.41, 5.74) is 0. The van der Waals surface area contributed by atoms with Crippen molar-refractivity contribution in [2.24, 2.45) is 0 Å². The van der Waals surface area contributed by atoms with Crippen LogP contribution < -0.4 is 39.9 Å². The van der Waals surface area contributed by atoms with E-state index in [1.54, 1.807) is 0 Å². The number of halogens is 1. The van der Waals surface area contributed by atoms with Crippen LogP contribution in [0.15, 0.2) is 91.0 Å². The van der Waals surface area contributed by atoms with Gasteiger partial charge in [0.1, 0.15) is 15.9 Å². The van der Waals surface area contributed by atoms with Gasteiger partial charge in [-0.15, -0.1) is 0 Å². The second kappa shape index (κ2) is 10.2. The summed E-state index contributed by atoms with van der Waals surface area (Å²) in [6.07, 6.45) is 0. The summed E-state index contributed by atoms with van der Waals surface area (Å²) in [6.45, 7) is 0. The van der Waals surface area contributed by atoms with E-state index in [0.29, 0.717) is 0 Å². The topological polar surface area (TPSA) is 0 Å². The fraction of sp³-hybridized carbons (Fsp3) is 0. The molecule has 0 heterocycles. The molecular weight excluding hydrogens is 511 g/mol. The Kier molecular flexibility index (Phi) is 9.46. The number of rotatable bonds is 3. The van der Waals surface area contributed by atoms with Gasteiger partial charge in [-0.2, -0.15) is 0 Å². The van der Waals surface area contributed by atoms with E-state index in [4.69, 9.17) is 0 Å². The first-order chi connectivity index (χ1) is 9.45. The summed E-state index contributed by atoms with van der Waals surface area (Å²) in [5.74, 6) is 0. The molecule has 3 aromatic rings. The van der Waals surface area contributed by atoms with Gasteiger partial charge in [0.15, 0.2) is 0 Å². The predicted molar refractivity (Wildman–Crippen MR) is 92.3 cm³/mol. The van der Waals surface area contributed by atoms with Crippen LogP contribution in [0, 0.1) is 0 Å². The quantitative estimate of drug-likeness (QED) is 0.252. The molecular formula is C18H16BaIP. The van der Waals surface area contributed by atoms with Crippen molar-refractivity contribution >= 4 is 72.7 Å². The van der Waals surface area contributed by atoms with Gasteiger partial charge in [-0.25, -0.2) is 0 Å². The summed E-state index contributed by atoms with van der Waals surface area (Å²) in [6, 6.07) is 32.5. The van der Waals surface area contributed by atoms with E-state index in [0.717, 1.165) is 0 Å². The molecule has 0 nitrogen and oxygen atoms in total. The predicted octanol–water partition coefficient (Wildman–Crippen LogP) is -0.200. The molecule has 3 heteroatoms. The van der Waals surface area contributed by atoms with E-state index in [2.05, 4.69) is 91.0 Å². The molecule has 0 unspecified atom stereocenters. The smallest absolute Gasteiger partial charge is 0.102 e. The zero-order chi connectivity index (χ0) is 12.9. The van der Waals surface area contributed by atoms with Gasteiger partial charge < -0.3 is 24.0 Å². The summed E-state index contributed by atoms with van der Waals surface area (Å²) >= 11 is 0. The van der Waals surface area contributed by atoms with E-state index in [1.165, 1.54) is 15.9 Å². The van der Waals surface area contributed by atoms with E-state index in [-0.39, 0.29) is 72.9 Å². The molecule has 0 amide bonds. The molecule has 3 aromatic carbocycles. The Morgan fingerprint density at radius 2 is 0.667 bits per heavy atom. The zero-order valence-electron chi connectivity index (χ0n) is 11.7. The van der Waals surface area contributed by atoms with Gasteiger partial charge >= 0.3 is 0 Å². The molecule has 0 saturated carbocycles. The summed E-state index contributed by atoms with van der Waals surface area (Å²) < 4.78 is 0. The van der Waals surface area contributed by atoms with Crippen molar-refractivity contribution in [1.29, 1.82) is 0 Å². The minimum Gasteiger partial charge on any atom is -1.00 e. The average molecular weight is 528 g/mol. The number of hydrogen-bond acceptors (Lipinski definition) is 0. The summed E-state index contributed by atoms with van der Waals surface area (Å²) in [7, 11) is -0.877. The molecule has 21 heavy (non-hydrogen) atoms. The van der Waals surface area contributed by atoms with Gasteiger partial charge in [0, 0.05) is 48.9 Å². The third-order valence-corrected chi connectivity index (χ3v) is 5.92. The van der Waals surface area contributed by atoms with Crippen molar-refractivity contribution in [3.8, 4) is 0 Å². The van der Waals surface area contributed by atoms with Crippen LogP contribution in [0.2, 0.25) is 0 Å². The van der Waals surface area contributed by atoms with Crippen molar-refractivity contribution in [1.82, 2.24) is 0 Å². The van der Waals surface area contributed by atoms with Gasteiger partial charge in [0.2, 0.25) is 0 Å². The Hall–Kier alpha value is 0.391. The minimum absolute atomic E-state index is 0. The molecule has 0 aliphatic rings. The van der Waals surface area contributed by atoms with Crippen molar-refractivity contribution in [2.45, 2.75) is 0 Å². The second-order valence-corrected chi connectivity index (χ2v) is 6.96. The van der Waals surface area contributed by atoms with Crippen molar-refractivity contribution in [3.63, 3.8) is 0 Å². The molecule has 0 saturated heterocycles. The Morgan fingerprint density at radius 3 is 0.905 bits per heavy atom. The van der Waals surface area contributed by atoms with Crippen LogP contribution in [-0.4, -0.2) is 48.9 Å². The molecule has 0 aliphatic heterocycles. The maximum atomic E-state index is 2.24. The molecule has 0 aromatic heterocycles. The van der Waals surface area contributed by atoms with Gasteiger partial charge in [-0.05, 0) is 36.4 Å². The Balaban J connectivity index is 0.00000110. The van der Waals surface area contributed by atoms with Gasteiger partial charge in [-0.1, -0.05) is 54.6 Å².